The third kappa shape index (κ3) is 2.16. The Balaban J connectivity index is 1.84. The van der Waals surface area contributed by atoms with Gasteiger partial charge < -0.3 is 5.11 Å². The van der Waals surface area contributed by atoms with Crippen molar-refractivity contribution in [1.82, 2.24) is 0 Å². The first-order chi connectivity index (χ1) is 10.9. The molecule has 0 fully saturated rings. The molecular formula is C20H18OS. The molecule has 0 unspecified atom stereocenters. The molecule has 4 rings (SSSR count). The predicted octanol–water partition coefficient (Wildman–Crippen LogP) is 4.68. The van der Waals surface area contributed by atoms with Gasteiger partial charge in [0.05, 0.1) is 0 Å². The number of aliphatic hydroxyl groups excluding tert-OH is 1. The van der Waals surface area contributed by atoms with E-state index in [1.807, 2.05) is 0 Å². The maximum atomic E-state index is 9.06. The first kappa shape index (κ1) is 13.6. The van der Waals surface area contributed by atoms with Crippen molar-refractivity contribution in [3.8, 4) is 11.1 Å². The summed E-state index contributed by atoms with van der Waals surface area (Å²) in [6, 6.07) is 26.3. The number of benzene rings is 3. The van der Waals surface area contributed by atoms with Crippen LogP contribution in [0.25, 0.3) is 11.1 Å². The van der Waals surface area contributed by atoms with E-state index in [9.17, 15) is 0 Å². The molecule has 1 aliphatic heterocycles. The Labute approximate surface area is 133 Å². The van der Waals surface area contributed by atoms with Crippen LogP contribution in [0.3, 0.4) is 0 Å². The number of hydrogen-bond donors (Lipinski definition) is 2. The van der Waals surface area contributed by atoms with Gasteiger partial charge in [0, 0.05) is 16.4 Å². The van der Waals surface area contributed by atoms with E-state index >= 15 is 0 Å². The normalized spacial score (nSPS) is 13.8. The Hall–Kier alpha value is -2.03. The number of hydrogen-bond acceptors (Lipinski definition) is 1. The van der Waals surface area contributed by atoms with Gasteiger partial charge in [0.1, 0.15) is 0 Å². The van der Waals surface area contributed by atoms with E-state index in [1.165, 1.54) is 31.4 Å². The number of thiol groups is 1. The molecule has 0 atom stereocenters. The van der Waals surface area contributed by atoms with Crippen LogP contribution in [-0.2, 0) is 6.42 Å². The van der Waals surface area contributed by atoms with Gasteiger partial charge >= 0.3 is 0 Å². The number of rotatable bonds is 3. The topological polar surface area (TPSA) is 20.2 Å². The van der Waals surface area contributed by atoms with E-state index in [1.54, 1.807) is 0 Å². The summed E-state index contributed by atoms with van der Waals surface area (Å²) in [5.74, 6) is 0. The highest BCUT2D eigenvalue weighted by Crippen LogP contribution is 2.62. The van der Waals surface area contributed by atoms with Crippen molar-refractivity contribution in [1.29, 1.82) is 0 Å². The summed E-state index contributed by atoms with van der Waals surface area (Å²) in [5, 5.41) is 9.06. The minimum atomic E-state index is -0.456. The zero-order valence-electron chi connectivity index (χ0n) is 12.2. The molecule has 0 saturated carbocycles. The molecule has 0 saturated heterocycles. The highest BCUT2D eigenvalue weighted by Gasteiger charge is 2.26. The highest BCUT2D eigenvalue weighted by molar-refractivity contribution is 8.17. The Morgan fingerprint density at radius 2 is 1.23 bits per heavy atom. The molecule has 0 spiro atoms. The third-order valence-corrected chi connectivity index (χ3v) is 6.73. The van der Waals surface area contributed by atoms with E-state index in [0.29, 0.717) is 0 Å². The largest absolute Gasteiger partial charge is 0.396 e. The molecule has 1 heterocycles. The van der Waals surface area contributed by atoms with Crippen LogP contribution in [0.4, 0.5) is 0 Å². The summed E-state index contributed by atoms with van der Waals surface area (Å²) >= 11 is 0. The minimum absolute atomic E-state index is 0.208. The lowest BCUT2D eigenvalue weighted by molar-refractivity contribution is 0.299. The van der Waals surface area contributed by atoms with Crippen molar-refractivity contribution in [3.05, 3.63) is 78.4 Å². The summed E-state index contributed by atoms with van der Waals surface area (Å²) in [7, 11) is -0.456. The zero-order chi connectivity index (χ0) is 14.9. The second-order valence-corrected chi connectivity index (χ2v) is 7.66. The molecule has 0 bridgehead atoms. The van der Waals surface area contributed by atoms with E-state index in [0.717, 1.165) is 6.42 Å². The van der Waals surface area contributed by atoms with Crippen molar-refractivity contribution in [3.63, 3.8) is 0 Å². The molecule has 0 radical (unpaired) electrons. The van der Waals surface area contributed by atoms with Gasteiger partial charge in [-0.3, -0.25) is 0 Å². The lowest BCUT2D eigenvalue weighted by atomic mass is 10.1. The van der Waals surface area contributed by atoms with Gasteiger partial charge in [-0.15, -0.1) is 0 Å². The molecule has 0 aliphatic carbocycles. The fourth-order valence-electron chi connectivity index (χ4n) is 3.14. The molecule has 1 nitrogen and oxygen atoms in total. The highest BCUT2D eigenvalue weighted by atomic mass is 32.2. The molecule has 1 N–H and O–H groups in total. The van der Waals surface area contributed by atoms with Crippen LogP contribution in [0, 0.1) is 0 Å². The van der Waals surface area contributed by atoms with Crippen LogP contribution in [0.2, 0.25) is 0 Å². The van der Waals surface area contributed by atoms with Crippen LogP contribution < -0.4 is 0 Å². The fraction of sp³-hybridized carbons (Fsp3) is 0.100. The third-order valence-electron chi connectivity index (χ3n) is 4.18. The maximum Gasteiger partial charge on any atom is 0.0471 e. The van der Waals surface area contributed by atoms with Crippen molar-refractivity contribution in [2.75, 3.05) is 6.61 Å². The zero-order valence-corrected chi connectivity index (χ0v) is 13.1. The second kappa shape index (κ2) is 5.64. The SMILES string of the molecule is OCCc1ccc([SH]2c3ccccc3-c3ccccc32)cc1. The first-order valence-electron chi connectivity index (χ1n) is 7.57. The Kier molecular flexibility index (Phi) is 3.49. The smallest absolute Gasteiger partial charge is 0.0471 e. The summed E-state index contributed by atoms with van der Waals surface area (Å²) in [5.41, 5.74) is 3.95. The molecule has 3 aromatic rings. The molecule has 110 valence electrons. The monoisotopic (exact) mass is 306 g/mol. The molecular weight excluding hydrogens is 288 g/mol. The molecule has 22 heavy (non-hydrogen) atoms. The van der Waals surface area contributed by atoms with Gasteiger partial charge in [-0.05, 0) is 52.3 Å². The lowest BCUT2D eigenvalue weighted by Crippen LogP contribution is -1.90. The summed E-state index contributed by atoms with van der Waals surface area (Å²) in [4.78, 5) is 4.29. The van der Waals surface area contributed by atoms with Crippen molar-refractivity contribution in [2.45, 2.75) is 21.1 Å². The maximum absolute atomic E-state index is 9.06. The van der Waals surface area contributed by atoms with Crippen LogP contribution in [-0.4, -0.2) is 11.7 Å². The van der Waals surface area contributed by atoms with Gasteiger partial charge in [0.25, 0.3) is 0 Å². The van der Waals surface area contributed by atoms with Crippen LogP contribution in [0.1, 0.15) is 5.56 Å². The Morgan fingerprint density at radius 3 is 1.77 bits per heavy atom. The fourth-order valence-corrected chi connectivity index (χ4v) is 5.75. The quantitative estimate of drug-likeness (QED) is 0.527. The van der Waals surface area contributed by atoms with Gasteiger partial charge in [-0.2, -0.15) is 10.9 Å². The predicted molar refractivity (Wildman–Crippen MR) is 92.9 cm³/mol. The first-order valence-corrected chi connectivity index (χ1v) is 8.91. The van der Waals surface area contributed by atoms with Gasteiger partial charge in [0.2, 0.25) is 0 Å². The number of aliphatic hydroxyl groups is 1. The van der Waals surface area contributed by atoms with Crippen LogP contribution in [0.5, 0.6) is 0 Å². The van der Waals surface area contributed by atoms with E-state index in [-0.39, 0.29) is 6.61 Å². The van der Waals surface area contributed by atoms with Crippen molar-refractivity contribution in [2.24, 2.45) is 0 Å². The van der Waals surface area contributed by atoms with Crippen LogP contribution in [0.15, 0.2) is 87.5 Å². The second-order valence-electron chi connectivity index (χ2n) is 5.51. The molecule has 0 aromatic heterocycles. The molecule has 1 aliphatic rings. The minimum Gasteiger partial charge on any atom is -0.396 e. The van der Waals surface area contributed by atoms with Gasteiger partial charge in [-0.1, -0.05) is 48.5 Å². The van der Waals surface area contributed by atoms with E-state index < -0.39 is 10.9 Å². The molecule has 3 aromatic carbocycles. The standard InChI is InChI=1S/C20H18OS/c21-14-13-15-9-11-16(12-10-15)22-19-7-3-1-5-17(19)18-6-2-4-8-20(18)22/h1-12,21-22H,13-14H2. The lowest BCUT2D eigenvalue weighted by Gasteiger charge is -2.19. The van der Waals surface area contributed by atoms with Crippen molar-refractivity contribution < 1.29 is 5.11 Å². The molecule has 0 amide bonds. The summed E-state index contributed by atoms with van der Waals surface area (Å²) in [6.07, 6.45) is 0.728. The average molecular weight is 306 g/mol. The van der Waals surface area contributed by atoms with Gasteiger partial charge in [0.15, 0.2) is 0 Å². The number of fused-ring (bicyclic) bond motifs is 3. The van der Waals surface area contributed by atoms with Crippen LogP contribution >= 0.6 is 10.9 Å². The molecule has 2 heteroatoms. The summed E-state index contributed by atoms with van der Waals surface area (Å²) in [6.45, 7) is 0.208. The summed E-state index contributed by atoms with van der Waals surface area (Å²) < 4.78 is 0. The van der Waals surface area contributed by atoms with Gasteiger partial charge in [-0.25, -0.2) is 0 Å². The average Bonchev–Trinajstić information content (AvgIpc) is 2.91. The van der Waals surface area contributed by atoms with Crippen molar-refractivity contribution >= 4 is 10.9 Å². The van der Waals surface area contributed by atoms with E-state index in [4.69, 9.17) is 5.11 Å². The van der Waals surface area contributed by atoms with E-state index in [2.05, 4.69) is 72.8 Å². The Morgan fingerprint density at radius 1 is 0.682 bits per heavy atom. The Bertz CT molecular complexity index is 762.